The summed E-state index contributed by atoms with van der Waals surface area (Å²) in [5.41, 5.74) is 1.42. The predicted molar refractivity (Wildman–Crippen MR) is 135 cm³/mol. The molecular formula is C24H26BrN3O5S. The lowest BCUT2D eigenvalue weighted by atomic mass is 10.1. The number of esters is 1. The number of rotatable bonds is 8. The SMILES string of the molecule is CCOc1ccc(C(=O)NC(=S)N2CCNC(=O)C2CC(=O)OCCc2ccccc2)cc1Br. The Labute approximate surface area is 212 Å². The van der Waals surface area contributed by atoms with E-state index in [0.717, 1.165) is 5.56 Å². The Balaban J connectivity index is 1.58. The number of carbonyl (C=O) groups excluding carboxylic acids is 3. The number of thiocarbonyl (C=S) groups is 1. The van der Waals surface area contributed by atoms with E-state index >= 15 is 0 Å². The molecule has 2 aromatic carbocycles. The van der Waals surface area contributed by atoms with E-state index in [1.54, 1.807) is 23.1 Å². The van der Waals surface area contributed by atoms with Crippen LogP contribution in [0.25, 0.3) is 0 Å². The molecule has 0 spiro atoms. The van der Waals surface area contributed by atoms with Crippen LogP contribution >= 0.6 is 28.1 Å². The normalized spacial score (nSPS) is 15.3. The number of ether oxygens (including phenoxy) is 2. The Morgan fingerprint density at radius 2 is 2.00 bits per heavy atom. The Hall–Kier alpha value is -2.98. The van der Waals surface area contributed by atoms with Gasteiger partial charge in [-0.3, -0.25) is 19.7 Å². The molecule has 10 heteroatoms. The van der Waals surface area contributed by atoms with Gasteiger partial charge < -0.3 is 19.7 Å². The van der Waals surface area contributed by atoms with E-state index in [9.17, 15) is 14.4 Å². The molecule has 1 aliphatic rings. The van der Waals surface area contributed by atoms with Crippen LogP contribution in [0.15, 0.2) is 53.0 Å². The standard InChI is InChI=1S/C24H26BrN3O5S/c1-2-32-20-9-8-17(14-18(20)25)22(30)27-24(34)28-12-11-26-23(31)19(28)15-21(29)33-13-10-16-6-4-3-5-7-16/h3-9,14,19H,2,10-13,15H2,1H3,(H,26,31)(H,27,30,34). The van der Waals surface area contributed by atoms with Crippen LogP contribution in [0.3, 0.4) is 0 Å². The van der Waals surface area contributed by atoms with Gasteiger partial charge >= 0.3 is 5.97 Å². The number of hydrogen-bond donors (Lipinski definition) is 2. The third-order valence-corrected chi connectivity index (χ3v) is 6.12. The zero-order valence-corrected chi connectivity index (χ0v) is 21.1. The largest absolute Gasteiger partial charge is 0.493 e. The first-order chi connectivity index (χ1) is 16.4. The summed E-state index contributed by atoms with van der Waals surface area (Å²) >= 11 is 8.80. The van der Waals surface area contributed by atoms with Gasteiger partial charge in [-0.15, -0.1) is 0 Å². The predicted octanol–water partition coefficient (Wildman–Crippen LogP) is 2.84. The number of hydrogen-bond acceptors (Lipinski definition) is 6. The lowest BCUT2D eigenvalue weighted by Gasteiger charge is -2.36. The van der Waals surface area contributed by atoms with Gasteiger partial charge in [-0.25, -0.2) is 0 Å². The molecule has 180 valence electrons. The summed E-state index contributed by atoms with van der Waals surface area (Å²) in [4.78, 5) is 39.2. The van der Waals surface area contributed by atoms with E-state index in [1.807, 2.05) is 37.3 Å². The van der Waals surface area contributed by atoms with Crippen LogP contribution in [0, 0.1) is 0 Å². The van der Waals surface area contributed by atoms with Gasteiger partial charge in [0.1, 0.15) is 11.8 Å². The minimum atomic E-state index is -0.863. The number of halogens is 1. The van der Waals surface area contributed by atoms with E-state index in [-0.39, 0.29) is 24.0 Å². The molecule has 0 saturated carbocycles. The highest BCUT2D eigenvalue weighted by atomic mass is 79.9. The zero-order valence-electron chi connectivity index (χ0n) is 18.7. The van der Waals surface area contributed by atoms with Crippen molar-refractivity contribution in [3.8, 4) is 5.75 Å². The molecule has 2 N–H and O–H groups in total. The maximum atomic E-state index is 12.7. The first-order valence-corrected chi connectivity index (χ1v) is 12.1. The van der Waals surface area contributed by atoms with Gasteiger partial charge in [0.05, 0.1) is 24.1 Å². The van der Waals surface area contributed by atoms with Crippen molar-refractivity contribution in [2.75, 3.05) is 26.3 Å². The second-order valence-electron chi connectivity index (χ2n) is 7.50. The fourth-order valence-corrected chi connectivity index (χ4v) is 4.27. The number of carbonyl (C=O) groups is 3. The third kappa shape index (κ3) is 7.01. The van der Waals surface area contributed by atoms with Gasteiger partial charge in [0, 0.05) is 25.1 Å². The maximum Gasteiger partial charge on any atom is 0.308 e. The topological polar surface area (TPSA) is 97.0 Å². The number of amides is 2. The Kier molecular flexibility index (Phi) is 9.41. The van der Waals surface area contributed by atoms with E-state index in [2.05, 4.69) is 26.6 Å². The van der Waals surface area contributed by atoms with Gasteiger partial charge in [-0.2, -0.15) is 0 Å². The lowest BCUT2D eigenvalue weighted by molar-refractivity contribution is -0.147. The van der Waals surface area contributed by atoms with Crippen molar-refractivity contribution in [2.45, 2.75) is 25.8 Å². The molecule has 1 aliphatic heterocycles. The van der Waals surface area contributed by atoms with Gasteiger partial charge in [0.15, 0.2) is 5.11 Å². The molecule has 3 rings (SSSR count). The van der Waals surface area contributed by atoms with E-state index < -0.39 is 17.9 Å². The Morgan fingerprint density at radius 1 is 1.24 bits per heavy atom. The molecule has 34 heavy (non-hydrogen) atoms. The molecule has 0 radical (unpaired) electrons. The van der Waals surface area contributed by atoms with Crippen molar-refractivity contribution in [2.24, 2.45) is 0 Å². The molecule has 1 atom stereocenters. The summed E-state index contributed by atoms with van der Waals surface area (Å²) in [5, 5.41) is 5.47. The van der Waals surface area contributed by atoms with Crippen molar-refractivity contribution >= 4 is 51.0 Å². The van der Waals surface area contributed by atoms with Crippen LogP contribution in [0.2, 0.25) is 0 Å². The molecule has 1 fully saturated rings. The van der Waals surface area contributed by atoms with Crippen LogP contribution in [0.4, 0.5) is 0 Å². The van der Waals surface area contributed by atoms with Crippen molar-refractivity contribution in [1.82, 2.24) is 15.5 Å². The smallest absolute Gasteiger partial charge is 0.308 e. The van der Waals surface area contributed by atoms with E-state index in [0.29, 0.717) is 41.9 Å². The lowest BCUT2D eigenvalue weighted by Crippen LogP contribution is -2.60. The molecular weight excluding hydrogens is 522 g/mol. The summed E-state index contributed by atoms with van der Waals surface area (Å²) in [6.45, 7) is 3.30. The summed E-state index contributed by atoms with van der Waals surface area (Å²) in [6.07, 6.45) is 0.407. The molecule has 1 heterocycles. The second-order valence-corrected chi connectivity index (χ2v) is 8.74. The Morgan fingerprint density at radius 3 is 2.71 bits per heavy atom. The average molecular weight is 548 g/mol. The van der Waals surface area contributed by atoms with E-state index in [4.69, 9.17) is 21.7 Å². The molecule has 0 aromatic heterocycles. The number of nitrogens with zero attached hydrogens (tertiary/aromatic N) is 1. The van der Waals surface area contributed by atoms with Crippen LogP contribution in [-0.4, -0.2) is 60.1 Å². The second kappa shape index (κ2) is 12.5. The van der Waals surface area contributed by atoms with Crippen molar-refractivity contribution < 1.29 is 23.9 Å². The van der Waals surface area contributed by atoms with Gasteiger partial charge in [0.2, 0.25) is 5.91 Å². The number of piperazine rings is 1. The van der Waals surface area contributed by atoms with Crippen molar-refractivity contribution in [3.63, 3.8) is 0 Å². The molecule has 0 bridgehead atoms. The fourth-order valence-electron chi connectivity index (χ4n) is 3.46. The number of benzene rings is 2. The third-order valence-electron chi connectivity index (χ3n) is 5.16. The summed E-state index contributed by atoms with van der Waals surface area (Å²) in [5.74, 6) is -0.650. The van der Waals surface area contributed by atoms with Gasteiger partial charge in [-0.1, -0.05) is 30.3 Å². The monoisotopic (exact) mass is 547 g/mol. The van der Waals surface area contributed by atoms with Crippen LogP contribution in [0.1, 0.15) is 29.3 Å². The molecule has 2 aromatic rings. The molecule has 2 amide bonds. The van der Waals surface area contributed by atoms with Crippen molar-refractivity contribution in [3.05, 3.63) is 64.1 Å². The first-order valence-electron chi connectivity index (χ1n) is 10.9. The van der Waals surface area contributed by atoms with E-state index in [1.165, 1.54) is 0 Å². The summed E-state index contributed by atoms with van der Waals surface area (Å²) in [7, 11) is 0. The minimum Gasteiger partial charge on any atom is -0.493 e. The van der Waals surface area contributed by atoms with Crippen LogP contribution < -0.4 is 15.4 Å². The van der Waals surface area contributed by atoms with Crippen molar-refractivity contribution in [1.29, 1.82) is 0 Å². The molecule has 0 aliphatic carbocycles. The quantitative estimate of drug-likeness (QED) is 0.387. The molecule has 1 saturated heterocycles. The highest BCUT2D eigenvalue weighted by Crippen LogP contribution is 2.26. The zero-order chi connectivity index (χ0) is 24.5. The fraction of sp³-hybridized carbons (Fsp3) is 0.333. The highest BCUT2D eigenvalue weighted by molar-refractivity contribution is 9.10. The summed E-state index contributed by atoms with van der Waals surface area (Å²) < 4.78 is 11.4. The average Bonchev–Trinajstić information content (AvgIpc) is 2.82. The van der Waals surface area contributed by atoms with Gasteiger partial charge in [-0.05, 0) is 58.8 Å². The summed E-state index contributed by atoms with van der Waals surface area (Å²) in [6, 6.07) is 13.7. The molecule has 1 unspecified atom stereocenters. The van der Waals surface area contributed by atoms with Crippen LogP contribution in [-0.2, 0) is 20.7 Å². The highest BCUT2D eigenvalue weighted by Gasteiger charge is 2.34. The molecule has 8 nitrogen and oxygen atoms in total. The Bertz CT molecular complexity index is 1050. The maximum absolute atomic E-state index is 12.7. The minimum absolute atomic E-state index is 0.0759. The number of nitrogens with one attached hydrogen (secondary N) is 2. The first kappa shape index (κ1) is 25.6. The van der Waals surface area contributed by atoms with Gasteiger partial charge in [0.25, 0.3) is 5.91 Å². The van der Waals surface area contributed by atoms with Crippen LogP contribution in [0.5, 0.6) is 5.75 Å².